The molecule has 98 valence electrons. The van der Waals surface area contributed by atoms with E-state index in [4.69, 9.17) is 0 Å². The molecule has 0 aromatic heterocycles. The second-order valence-electron chi connectivity index (χ2n) is 4.76. The van der Waals surface area contributed by atoms with Crippen LogP contribution in [0.3, 0.4) is 0 Å². The molecule has 0 aliphatic carbocycles. The van der Waals surface area contributed by atoms with Crippen molar-refractivity contribution in [2.24, 2.45) is 5.41 Å². The summed E-state index contributed by atoms with van der Waals surface area (Å²) in [6, 6.07) is 0. The fourth-order valence-electron chi connectivity index (χ4n) is 1.77. The van der Waals surface area contributed by atoms with Crippen molar-refractivity contribution in [2.45, 2.75) is 32.6 Å². The zero-order chi connectivity index (χ0) is 13.3. The number of carbonyl (C=O) groups is 2. The highest BCUT2D eigenvalue weighted by atomic mass is 19.3. The summed E-state index contributed by atoms with van der Waals surface area (Å²) in [4.78, 5) is 24.7. The van der Waals surface area contributed by atoms with Gasteiger partial charge in [0.25, 0.3) is 5.92 Å². The first kappa shape index (κ1) is 13.9. The quantitative estimate of drug-likeness (QED) is 0.549. The van der Waals surface area contributed by atoms with Gasteiger partial charge in [0.1, 0.15) is 5.41 Å². The van der Waals surface area contributed by atoms with E-state index >= 15 is 0 Å². The van der Waals surface area contributed by atoms with E-state index in [-0.39, 0.29) is 25.9 Å². The average Bonchev–Trinajstić information content (AvgIpc) is 2.27. The maximum Gasteiger partial charge on any atom is 0.320 e. The number of esters is 1. The minimum Gasteiger partial charge on any atom is -0.468 e. The second-order valence-corrected chi connectivity index (χ2v) is 4.76. The number of amides is 1. The Morgan fingerprint density at radius 3 is 2.12 bits per heavy atom. The van der Waals surface area contributed by atoms with Crippen molar-refractivity contribution in [1.82, 2.24) is 4.90 Å². The molecule has 0 N–H and O–H groups in total. The van der Waals surface area contributed by atoms with Crippen molar-refractivity contribution in [3.8, 4) is 0 Å². The molecule has 0 atom stereocenters. The van der Waals surface area contributed by atoms with Crippen LogP contribution in [0.15, 0.2) is 0 Å². The lowest BCUT2D eigenvalue weighted by Crippen LogP contribution is -2.50. The molecule has 1 fully saturated rings. The summed E-state index contributed by atoms with van der Waals surface area (Å²) < 4.78 is 30.4. The molecule has 0 radical (unpaired) electrons. The molecule has 0 aromatic rings. The van der Waals surface area contributed by atoms with Crippen LogP contribution in [0.2, 0.25) is 0 Å². The normalized spacial score (nSPS) is 19.9. The average molecular weight is 249 g/mol. The van der Waals surface area contributed by atoms with Crippen molar-refractivity contribution in [3.63, 3.8) is 0 Å². The number of halogens is 2. The molecular weight excluding hydrogens is 232 g/mol. The summed E-state index contributed by atoms with van der Waals surface area (Å²) in [6.45, 7) is 2.83. The number of likely N-dealkylation sites (tertiary alicyclic amines) is 1. The number of carbonyl (C=O) groups excluding carboxylic acids is 2. The highest BCUT2D eigenvalue weighted by Crippen LogP contribution is 2.30. The summed E-state index contributed by atoms with van der Waals surface area (Å²) in [5.74, 6) is -3.81. The van der Waals surface area contributed by atoms with Gasteiger partial charge >= 0.3 is 5.97 Å². The number of nitrogens with zero attached hydrogens (tertiary/aromatic N) is 1. The molecule has 1 saturated heterocycles. The molecule has 1 rings (SSSR count). The zero-order valence-corrected chi connectivity index (χ0v) is 10.3. The van der Waals surface area contributed by atoms with Gasteiger partial charge in [0.05, 0.1) is 7.11 Å². The fraction of sp³-hybridized carbons (Fsp3) is 0.818. The predicted octanol–water partition coefficient (Wildman–Crippen LogP) is 1.44. The van der Waals surface area contributed by atoms with E-state index < -0.39 is 23.2 Å². The molecule has 0 aromatic carbocycles. The van der Waals surface area contributed by atoms with Crippen molar-refractivity contribution in [1.29, 1.82) is 0 Å². The third kappa shape index (κ3) is 2.92. The first-order chi connectivity index (χ1) is 7.70. The fourth-order valence-corrected chi connectivity index (χ4v) is 1.77. The van der Waals surface area contributed by atoms with Crippen molar-refractivity contribution < 1.29 is 23.1 Å². The summed E-state index contributed by atoms with van der Waals surface area (Å²) >= 11 is 0. The Morgan fingerprint density at radius 2 is 1.71 bits per heavy atom. The van der Waals surface area contributed by atoms with Crippen LogP contribution in [0.1, 0.15) is 26.7 Å². The van der Waals surface area contributed by atoms with Gasteiger partial charge in [0.2, 0.25) is 5.91 Å². The van der Waals surface area contributed by atoms with Crippen molar-refractivity contribution in [3.05, 3.63) is 0 Å². The number of ether oxygens (including phenoxy) is 1. The van der Waals surface area contributed by atoms with Crippen LogP contribution < -0.4 is 0 Å². The van der Waals surface area contributed by atoms with Gasteiger partial charge in [-0.25, -0.2) is 8.78 Å². The number of alkyl halides is 2. The lowest BCUT2D eigenvalue weighted by Gasteiger charge is -2.35. The van der Waals surface area contributed by atoms with E-state index in [9.17, 15) is 18.4 Å². The Balaban J connectivity index is 2.69. The first-order valence-electron chi connectivity index (χ1n) is 5.46. The number of piperidine rings is 1. The molecule has 1 heterocycles. The smallest absolute Gasteiger partial charge is 0.320 e. The maximum absolute atomic E-state index is 12.9. The molecule has 0 spiro atoms. The zero-order valence-electron chi connectivity index (χ0n) is 10.3. The minimum absolute atomic E-state index is 0.0216. The van der Waals surface area contributed by atoms with E-state index in [1.54, 1.807) is 0 Å². The van der Waals surface area contributed by atoms with Crippen LogP contribution >= 0.6 is 0 Å². The molecule has 1 aliphatic rings. The SMILES string of the molecule is COC(=O)C(C)(C)C(=O)N1CCC(F)(F)CC1. The van der Waals surface area contributed by atoms with Crippen molar-refractivity contribution >= 4 is 11.9 Å². The van der Waals surface area contributed by atoms with Gasteiger partial charge in [-0.3, -0.25) is 9.59 Å². The molecule has 0 saturated carbocycles. The van der Waals surface area contributed by atoms with Gasteiger partial charge in [0.15, 0.2) is 0 Å². The minimum atomic E-state index is -2.70. The van der Waals surface area contributed by atoms with E-state index in [0.717, 1.165) is 0 Å². The summed E-state index contributed by atoms with van der Waals surface area (Å²) in [6.07, 6.45) is -0.702. The van der Waals surface area contributed by atoms with E-state index in [1.807, 2.05) is 0 Å². The highest BCUT2D eigenvalue weighted by Gasteiger charge is 2.43. The highest BCUT2D eigenvalue weighted by molar-refractivity contribution is 6.01. The number of methoxy groups -OCH3 is 1. The Labute approximate surface area is 98.9 Å². The molecule has 17 heavy (non-hydrogen) atoms. The third-order valence-electron chi connectivity index (χ3n) is 3.01. The Bertz CT molecular complexity index is 319. The Morgan fingerprint density at radius 1 is 1.24 bits per heavy atom. The molecule has 6 heteroatoms. The van der Waals surface area contributed by atoms with Gasteiger partial charge in [-0.15, -0.1) is 0 Å². The monoisotopic (exact) mass is 249 g/mol. The van der Waals surface area contributed by atoms with E-state index in [0.29, 0.717) is 0 Å². The standard InChI is InChI=1S/C11H17F2NO3/c1-10(2,9(16)17-3)8(15)14-6-4-11(12,13)5-7-14/h4-7H2,1-3H3. The molecule has 0 unspecified atom stereocenters. The lowest BCUT2D eigenvalue weighted by atomic mass is 9.90. The Kier molecular flexibility index (Phi) is 3.74. The molecule has 4 nitrogen and oxygen atoms in total. The Hall–Kier alpha value is -1.20. The molecular formula is C11H17F2NO3. The first-order valence-corrected chi connectivity index (χ1v) is 5.46. The van der Waals surface area contributed by atoms with E-state index in [2.05, 4.69) is 4.74 Å². The summed E-state index contributed by atoms with van der Waals surface area (Å²) in [7, 11) is 1.20. The number of rotatable bonds is 2. The van der Waals surface area contributed by atoms with Crippen LogP contribution in [0.4, 0.5) is 8.78 Å². The van der Waals surface area contributed by atoms with Crippen LogP contribution in [-0.2, 0) is 14.3 Å². The molecule has 0 bridgehead atoms. The van der Waals surface area contributed by atoms with Gasteiger partial charge in [-0.05, 0) is 13.8 Å². The van der Waals surface area contributed by atoms with Gasteiger partial charge < -0.3 is 9.64 Å². The predicted molar refractivity (Wildman–Crippen MR) is 56.6 cm³/mol. The van der Waals surface area contributed by atoms with Crippen molar-refractivity contribution in [2.75, 3.05) is 20.2 Å². The molecule has 1 aliphatic heterocycles. The van der Waals surface area contributed by atoms with E-state index in [1.165, 1.54) is 25.9 Å². The largest absolute Gasteiger partial charge is 0.468 e. The van der Waals surface area contributed by atoms with Crippen LogP contribution in [0.25, 0.3) is 0 Å². The number of hydrogen-bond acceptors (Lipinski definition) is 3. The summed E-state index contributed by atoms with van der Waals surface area (Å²) in [5.41, 5.74) is -1.32. The maximum atomic E-state index is 12.9. The second kappa shape index (κ2) is 4.58. The summed E-state index contributed by atoms with van der Waals surface area (Å²) in [5, 5.41) is 0. The van der Waals surface area contributed by atoms with Gasteiger partial charge in [0, 0.05) is 25.9 Å². The molecule has 1 amide bonds. The van der Waals surface area contributed by atoms with Gasteiger partial charge in [-0.2, -0.15) is 0 Å². The lowest BCUT2D eigenvalue weighted by molar-refractivity contribution is -0.163. The topological polar surface area (TPSA) is 46.6 Å². The van der Waals surface area contributed by atoms with Crippen LogP contribution in [0, 0.1) is 5.41 Å². The number of hydrogen-bond donors (Lipinski definition) is 0. The van der Waals surface area contributed by atoms with Crippen LogP contribution in [0.5, 0.6) is 0 Å². The van der Waals surface area contributed by atoms with Gasteiger partial charge in [-0.1, -0.05) is 0 Å². The van der Waals surface area contributed by atoms with Crippen LogP contribution in [-0.4, -0.2) is 42.9 Å². The third-order valence-corrected chi connectivity index (χ3v) is 3.01.